The maximum Gasteiger partial charge on any atom is 0.118 e. The zero-order chi connectivity index (χ0) is 14.0. The van der Waals surface area contributed by atoms with Gasteiger partial charge in [0.1, 0.15) is 5.75 Å². The molecule has 0 saturated carbocycles. The van der Waals surface area contributed by atoms with Gasteiger partial charge in [-0.05, 0) is 47.4 Å². The summed E-state index contributed by atoms with van der Waals surface area (Å²) in [4.78, 5) is 0. The van der Waals surface area contributed by atoms with Crippen molar-refractivity contribution >= 4 is 17.1 Å². The standard InChI is InChI=1S/C14H17N3O2/c15-9-3-8(4-11(19)5-9)13-6-10(16)7-14(17)12(13)1-2-18/h3-7,18-19H,1-2,15-17H2. The molecular formula is C14H17N3O2. The van der Waals surface area contributed by atoms with Crippen molar-refractivity contribution in [2.24, 2.45) is 0 Å². The van der Waals surface area contributed by atoms with Crippen LogP contribution in [0.2, 0.25) is 0 Å². The second-order valence-electron chi connectivity index (χ2n) is 4.42. The van der Waals surface area contributed by atoms with Crippen LogP contribution in [0.3, 0.4) is 0 Å². The average molecular weight is 259 g/mol. The Morgan fingerprint density at radius 3 is 2.21 bits per heavy atom. The summed E-state index contributed by atoms with van der Waals surface area (Å²) in [5.74, 6) is 0.0749. The number of aromatic hydroxyl groups is 1. The molecule has 5 nitrogen and oxygen atoms in total. The quantitative estimate of drug-likeness (QED) is 0.533. The largest absolute Gasteiger partial charge is 0.508 e. The fourth-order valence-corrected chi connectivity index (χ4v) is 2.16. The summed E-state index contributed by atoms with van der Waals surface area (Å²) in [5.41, 5.74) is 21.2. The summed E-state index contributed by atoms with van der Waals surface area (Å²) in [5, 5.41) is 18.8. The van der Waals surface area contributed by atoms with Gasteiger partial charge in [0.2, 0.25) is 0 Å². The molecule has 0 heterocycles. The van der Waals surface area contributed by atoms with Crippen LogP contribution in [0, 0.1) is 0 Å². The highest BCUT2D eigenvalue weighted by atomic mass is 16.3. The lowest BCUT2D eigenvalue weighted by atomic mass is 9.95. The van der Waals surface area contributed by atoms with Gasteiger partial charge in [0.15, 0.2) is 0 Å². The topological polar surface area (TPSA) is 119 Å². The molecule has 0 bridgehead atoms. The van der Waals surface area contributed by atoms with E-state index >= 15 is 0 Å². The Bertz CT molecular complexity index is 592. The number of anilines is 3. The van der Waals surface area contributed by atoms with Crippen molar-refractivity contribution in [3.8, 4) is 16.9 Å². The Morgan fingerprint density at radius 2 is 1.58 bits per heavy atom. The highest BCUT2D eigenvalue weighted by molar-refractivity contribution is 5.79. The van der Waals surface area contributed by atoms with E-state index in [0.717, 1.165) is 16.7 Å². The van der Waals surface area contributed by atoms with E-state index in [-0.39, 0.29) is 12.4 Å². The van der Waals surface area contributed by atoms with Crippen LogP contribution < -0.4 is 17.2 Å². The molecule has 0 spiro atoms. The minimum atomic E-state index is -0.0184. The molecule has 2 aromatic rings. The SMILES string of the molecule is Nc1cc(O)cc(-c2cc(N)cc(N)c2CCO)c1. The molecule has 8 N–H and O–H groups in total. The van der Waals surface area contributed by atoms with E-state index in [0.29, 0.717) is 23.5 Å². The van der Waals surface area contributed by atoms with E-state index in [1.807, 2.05) is 0 Å². The average Bonchev–Trinajstić information content (AvgIpc) is 2.31. The smallest absolute Gasteiger partial charge is 0.118 e. The predicted molar refractivity (Wildman–Crippen MR) is 77.6 cm³/mol. The van der Waals surface area contributed by atoms with Crippen molar-refractivity contribution in [1.29, 1.82) is 0 Å². The lowest BCUT2D eigenvalue weighted by Crippen LogP contribution is -2.02. The van der Waals surface area contributed by atoms with Crippen LogP contribution in [0.15, 0.2) is 30.3 Å². The number of benzene rings is 2. The van der Waals surface area contributed by atoms with Gasteiger partial charge in [0.25, 0.3) is 0 Å². The predicted octanol–water partition coefficient (Wildman–Crippen LogP) is 1.34. The van der Waals surface area contributed by atoms with Crippen molar-refractivity contribution in [3.63, 3.8) is 0 Å². The van der Waals surface area contributed by atoms with Gasteiger partial charge in [-0.1, -0.05) is 0 Å². The molecule has 19 heavy (non-hydrogen) atoms. The minimum Gasteiger partial charge on any atom is -0.508 e. The number of phenolic OH excluding ortho intramolecular Hbond substituents is 1. The van der Waals surface area contributed by atoms with Gasteiger partial charge in [0.05, 0.1) is 0 Å². The molecule has 0 amide bonds. The fraction of sp³-hybridized carbons (Fsp3) is 0.143. The maximum atomic E-state index is 9.62. The van der Waals surface area contributed by atoms with Crippen LogP contribution in [0.5, 0.6) is 5.75 Å². The van der Waals surface area contributed by atoms with Gasteiger partial charge < -0.3 is 27.4 Å². The van der Waals surface area contributed by atoms with Gasteiger partial charge in [0, 0.05) is 29.7 Å². The summed E-state index contributed by atoms with van der Waals surface area (Å²) < 4.78 is 0. The van der Waals surface area contributed by atoms with Crippen LogP contribution >= 0.6 is 0 Å². The molecule has 0 unspecified atom stereocenters. The number of phenols is 1. The zero-order valence-corrected chi connectivity index (χ0v) is 10.4. The van der Waals surface area contributed by atoms with E-state index in [1.165, 1.54) is 6.07 Å². The Balaban J connectivity index is 2.65. The number of nitrogens with two attached hydrogens (primary N) is 3. The molecule has 100 valence electrons. The molecule has 2 rings (SSSR count). The lowest BCUT2D eigenvalue weighted by molar-refractivity contribution is 0.300. The van der Waals surface area contributed by atoms with Crippen LogP contribution in [-0.4, -0.2) is 16.8 Å². The first kappa shape index (κ1) is 13.0. The van der Waals surface area contributed by atoms with Crippen molar-refractivity contribution in [2.45, 2.75) is 6.42 Å². The zero-order valence-electron chi connectivity index (χ0n) is 10.4. The van der Waals surface area contributed by atoms with Crippen molar-refractivity contribution in [2.75, 3.05) is 23.8 Å². The van der Waals surface area contributed by atoms with Gasteiger partial charge in [-0.15, -0.1) is 0 Å². The Hall–Kier alpha value is -2.40. The van der Waals surface area contributed by atoms with Gasteiger partial charge in [-0.2, -0.15) is 0 Å². The molecule has 5 heteroatoms. The third kappa shape index (κ3) is 2.71. The molecule has 0 aliphatic heterocycles. The van der Waals surface area contributed by atoms with E-state index in [4.69, 9.17) is 22.3 Å². The number of rotatable bonds is 3. The summed E-state index contributed by atoms with van der Waals surface area (Å²) in [6.07, 6.45) is 0.414. The molecule has 2 aromatic carbocycles. The lowest BCUT2D eigenvalue weighted by Gasteiger charge is -2.14. The van der Waals surface area contributed by atoms with Crippen molar-refractivity contribution in [1.82, 2.24) is 0 Å². The highest BCUT2D eigenvalue weighted by Crippen LogP contribution is 2.34. The molecule has 0 aliphatic carbocycles. The van der Waals surface area contributed by atoms with Gasteiger partial charge in [-0.3, -0.25) is 0 Å². The third-order valence-corrected chi connectivity index (χ3v) is 2.92. The number of aliphatic hydroxyl groups is 1. The number of hydrogen-bond donors (Lipinski definition) is 5. The van der Waals surface area contributed by atoms with E-state index < -0.39 is 0 Å². The Kier molecular flexibility index (Phi) is 3.48. The summed E-state index contributed by atoms with van der Waals surface area (Å²) in [6, 6.07) is 8.20. The molecule has 0 aliphatic rings. The molecule has 0 atom stereocenters. The van der Waals surface area contributed by atoms with Crippen molar-refractivity contribution in [3.05, 3.63) is 35.9 Å². The Labute approximate surface area is 111 Å². The minimum absolute atomic E-state index is 0.0184. The van der Waals surface area contributed by atoms with Crippen LogP contribution in [0.1, 0.15) is 5.56 Å². The van der Waals surface area contributed by atoms with E-state index in [2.05, 4.69) is 0 Å². The first-order chi connectivity index (χ1) is 9.01. The van der Waals surface area contributed by atoms with Crippen LogP contribution in [-0.2, 0) is 6.42 Å². The molecule has 0 fully saturated rings. The molecule has 0 saturated heterocycles. The fourth-order valence-electron chi connectivity index (χ4n) is 2.16. The monoisotopic (exact) mass is 259 g/mol. The van der Waals surface area contributed by atoms with Crippen LogP contribution in [0.25, 0.3) is 11.1 Å². The van der Waals surface area contributed by atoms with E-state index in [9.17, 15) is 5.11 Å². The first-order valence-corrected chi connectivity index (χ1v) is 5.90. The van der Waals surface area contributed by atoms with Crippen molar-refractivity contribution < 1.29 is 10.2 Å². The molecule has 0 radical (unpaired) electrons. The Morgan fingerprint density at radius 1 is 0.895 bits per heavy atom. The summed E-state index contributed by atoms with van der Waals surface area (Å²) >= 11 is 0. The van der Waals surface area contributed by atoms with E-state index in [1.54, 1.807) is 24.3 Å². The second-order valence-corrected chi connectivity index (χ2v) is 4.42. The second kappa shape index (κ2) is 5.07. The first-order valence-electron chi connectivity index (χ1n) is 5.90. The van der Waals surface area contributed by atoms with Crippen LogP contribution in [0.4, 0.5) is 17.1 Å². The highest BCUT2D eigenvalue weighted by Gasteiger charge is 2.11. The normalized spacial score (nSPS) is 10.6. The molecular weight excluding hydrogens is 242 g/mol. The molecule has 0 aromatic heterocycles. The van der Waals surface area contributed by atoms with Gasteiger partial charge >= 0.3 is 0 Å². The van der Waals surface area contributed by atoms with Gasteiger partial charge in [-0.25, -0.2) is 0 Å². The summed E-state index contributed by atoms with van der Waals surface area (Å²) in [6.45, 7) is -0.0184. The summed E-state index contributed by atoms with van der Waals surface area (Å²) in [7, 11) is 0. The maximum absolute atomic E-state index is 9.62. The number of hydrogen-bond acceptors (Lipinski definition) is 5. The number of nitrogen functional groups attached to an aromatic ring is 3. The number of aliphatic hydroxyl groups excluding tert-OH is 1. The third-order valence-electron chi connectivity index (χ3n) is 2.92.